The number of rotatable bonds is 7. The number of alkyl halides is 1. The van der Waals surface area contributed by atoms with Gasteiger partial charge in [-0.2, -0.15) is 15.2 Å². The average Bonchev–Trinajstić information content (AvgIpc) is 3.80. The number of hydrogen-bond donors (Lipinski definition) is 1. The second-order valence-corrected chi connectivity index (χ2v) is 13.4. The van der Waals surface area contributed by atoms with Gasteiger partial charge in [-0.25, -0.2) is 13.6 Å². The SMILES string of the molecule is [C-]#[N+]c1c(N)sc2c(F)ccc(-c3ccc4c(OC5CCN(C(=O)C=C)C5C)nc(OCC56CCCN5CC(F)C6)nc4c3C#N)c12. The van der Waals surface area contributed by atoms with E-state index in [1.165, 1.54) is 18.2 Å². The molecule has 3 saturated heterocycles. The first-order valence-corrected chi connectivity index (χ1v) is 16.2. The summed E-state index contributed by atoms with van der Waals surface area (Å²) in [6.07, 6.45) is 2.57. The van der Waals surface area contributed by atoms with Crippen molar-refractivity contribution in [2.45, 2.75) is 56.5 Å². The van der Waals surface area contributed by atoms with E-state index in [-0.39, 0.29) is 56.9 Å². The van der Waals surface area contributed by atoms with Gasteiger partial charge >= 0.3 is 6.01 Å². The van der Waals surface area contributed by atoms with E-state index in [4.69, 9.17) is 26.8 Å². The highest BCUT2D eigenvalue weighted by molar-refractivity contribution is 7.23. The van der Waals surface area contributed by atoms with Gasteiger partial charge in [0, 0.05) is 36.9 Å². The number of halogens is 2. The van der Waals surface area contributed by atoms with Crippen LogP contribution in [0, 0.1) is 23.7 Å². The lowest BCUT2D eigenvalue weighted by atomic mass is 9.94. The number of thiophene rings is 1. The van der Waals surface area contributed by atoms with E-state index in [9.17, 15) is 18.8 Å². The lowest BCUT2D eigenvalue weighted by molar-refractivity contribution is -0.127. The molecule has 2 N–H and O–H groups in total. The molecular formula is C34H31F2N7O3S. The van der Waals surface area contributed by atoms with Crippen molar-refractivity contribution < 1.29 is 23.0 Å². The van der Waals surface area contributed by atoms with Gasteiger partial charge in [-0.15, -0.1) is 11.3 Å². The van der Waals surface area contributed by atoms with E-state index in [0.29, 0.717) is 47.8 Å². The Morgan fingerprint density at radius 2 is 2.13 bits per heavy atom. The zero-order chi connectivity index (χ0) is 33.0. The first-order valence-electron chi connectivity index (χ1n) is 15.4. The minimum atomic E-state index is -0.938. The number of hydrogen-bond acceptors (Lipinski definition) is 9. The fraction of sp³-hybridized carbons (Fsp3) is 0.382. The summed E-state index contributed by atoms with van der Waals surface area (Å²) in [4.78, 5) is 29.1. The molecule has 4 atom stereocenters. The summed E-state index contributed by atoms with van der Waals surface area (Å²) in [5, 5.41) is 11.5. The molecular weight excluding hydrogens is 624 g/mol. The second kappa shape index (κ2) is 11.7. The number of nitrogens with zero attached hydrogens (tertiary/aromatic N) is 6. The standard InChI is InChI=1S/C34H31F2N7O3S/c1-4-26(44)43-13-10-25(18(43)2)46-32-22-7-6-20(21-8-9-24(36)30-27(21)29(39-3)31(38)47-30)23(15-37)28(22)40-33(41-32)45-17-34-11-5-12-42(34)16-19(35)14-34/h4,6-9,18-19,25H,1,5,10-14,16-17,38H2,2H3. The zero-order valence-electron chi connectivity index (χ0n) is 25.6. The number of benzene rings is 2. The quantitative estimate of drug-likeness (QED) is 0.186. The fourth-order valence-electron chi connectivity index (χ4n) is 7.44. The van der Waals surface area contributed by atoms with Crippen LogP contribution >= 0.6 is 11.3 Å². The molecule has 7 rings (SSSR count). The Morgan fingerprint density at radius 3 is 2.89 bits per heavy atom. The molecule has 0 spiro atoms. The van der Waals surface area contributed by atoms with Crippen LogP contribution in [0.25, 0.3) is 37.0 Å². The number of carbonyl (C=O) groups excluding carboxylic acids is 1. The molecule has 2 aromatic carbocycles. The third-order valence-corrected chi connectivity index (χ3v) is 10.8. The molecule has 4 unspecified atom stereocenters. The van der Waals surface area contributed by atoms with Crippen LogP contribution in [-0.2, 0) is 4.79 Å². The van der Waals surface area contributed by atoms with Crippen molar-refractivity contribution >= 4 is 48.9 Å². The number of nitrogens with two attached hydrogens (primary N) is 1. The van der Waals surface area contributed by atoms with Crippen LogP contribution in [-0.4, -0.2) is 75.8 Å². The van der Waals surface area contributed by atoms with Crippen LogP contribution in [0.3, 0.4) is 0 Å². The molecule has 0 bridgehead atoms. The van der Waals surface area contributed by atoms with E-state index in [1.54, 1.807) is 17.0 Å². The molecule has 0 radical (unpaired) electrons. The molecule has 0 saturated carbocycles. The molecule has 3 fully saturated rings. The highest BCUT2D eigenvalue weighted by Crippen LogP contribution is 2.48. The summed E-state index contributed by atoms with van der Waals surface area (Å²) >= 11 is 0.984. The van der Waals surface area contributed by atoms with Crippen molar-refractivity contribution in [3.05, 3.63) is 59.7 Å². The van der Waals surface area contributed by atoms with Crippen LogP contribution in [0.4, 0.5) is 19.5 Å². The topological polar surface area (TPSA) is 122 Å². The van der Waals surface area contributed by atoms with Crippen LogP contribution in [0.5, 0.6) is 11.9 Å². The minimum Gasteiger partial charge on any atom is -0.471 e. The summed E-state index contributed by atoms with van der Waals surface area (Å²) in [5.74, 6) is -0.529. The van der Waals surface area contributed by atoms with Gasteiger partial charge in [0.15, 0.2) is 0 Å². The number of aromatic nitrogens is 2. The predicted molar refractivity (Wildman–Crippen MR) is 175 cm³/mol. The number of carbonyl (C=O) groups is 1. The van der Waals surface area contributed by atoms with Crippen molar-refractivity contribution in [1.82, 2.24) is 19.8 Å². The molecule has 10 nitrogen and oxygen atoms in total. The largest absolute Gasteiger partial charge is 0.471 e. The highest BCUT2D eigenvalue weighted by Gasteiger charge is 2.49. The number of anilines is 1. The van der Waals surface area contributed by atoms with Gasteiger partial charge in [0.25, 0.3) is 0 Å². The number of nitrogen functional groups attached to an aromatic ring is 1. The van der Waals surface area contributed by atoms with Gasteiger partial charge in [0.05, 0.1) is 44.3 Å². The van der Waals surface area contributed by atoms with Gasteiger partial charge in [-0.3, -0.25) is 9.69 Å². The maximum Gasteiger partial charge on any atom is 0.320 e. The number of amides is 1. The Bertz CT molecular complexity index is 2040. The van der Waals surface area contributed by atoms with Crippen molar-refractivity contribution in [3.8, 4) is 29.1 Å². The smallest absolute Gasteiger partial charge is 0.320 e. The number of ether oxygens (including phenoxy) is 2. The first-order chi connectivity index (χ1) is 22.7. The van der Waals surface area contributed by atoms with Crippen LogP contribution in [0.15, 0.2) is 36.9 Å². The van der Waals surface area contributed by atoms with Crippen LogP contribution < -0.4 is 15.2 Å². The molecule has 4 aromatic rings. The number of fused-ring (bicyclic) bond motifs is 3. The first kappa shape index (κ1) is 30.8. The zero-order valence-corrected chi connectivity index (χ0v) is 26.4. The molecule has 0 aliphatic carbocycles. The van der Waals surface area contributed by atoms with Crippen LogP contribution in [0.2, 0.25) is 0 Å². The van der Waals surface area contributed by atoms with Crippen molar-refractivity contribution in [2.24, 2.45) is 0 Å². The van der Waals surface area contributed by atoms with Crippen molar-refractivity contribution in [2.75, 3.05) is 32.0 Å². The molecule has 5 heterocycles. The van der Waals surface area contributed by atoms with Gasteiger partial charge in [-0.1, -0.05) is 18.7 Å². The van der Waals surface area contributed by atoms with Gasteiger partial charge in [0.2, 0.25) is 17.5 Å². The molecule has 240 valence electrons. The minimum absolute atomic E-state index is 0.0276. The van der Waals surface area contributed by atoms with E-state index < -0.39 is 23.6 Å². The normalized spacial score (nSPS) is 23.9. The Hall–Kier alpha value is -4.85. The highest BCUT2D eigenvalue weighted by atomic mass is 32.1. The van der Waals surface area contributed by atoms with Gasteiger partial charge in [-0.05, 0) is 50.1 Å². The fourth-order valence-corrected chi connectivity index (χ4v) is 8.38. The Labute approximate surface area is 273 Å². The molecule has 3 aliphatic heterocycles. The second-order valence-electron chi connectivity index (χ2n) is 12.3. The van der Waals surface area contributed by atoms with Crippen molar-refractivity contribution in [1.29, 1.82) is 5.26 Å². The maximum absolute atomic E-state index is 14.9. The third-order valence-electron chi connectivity index (χ3n) is 9.75. The van der Waals surface area contributed by atoms with E-state index >= 15 is 0 Å². The third kappa shape index (κ3) is 5.01. The summed E-state index contributed by atoms with van der Waals surface area (Å²) in [5.41, 5.74) is 7.05. The van der Waals surface area contributed by atoms with E-state index in [0.717, 1.165) is 30.7 Å². The molecule has 1 amide bonds. The molecule has 2 aromatic heterocycles. The van der Waals surface area contributed by atoms with E-state index in [2.05, 4.69) is 27.4 Å². The summed E-state index contributed by atoms with van der Waals surface area (Å²) < 4.78 is 42.3. The van der Waals surface area contributed by atoms with Crippen LogP contribution in [0.1, 0.15) is 38.2 Å². The predicted octanol–water partition coefficient (Wildman–Crippen LogP) is 6.16. The lowest BCUT2D eigenvalue weighted by Crippen LogP contribution is -2.43. The van der Waals surface area contributed by atoms with Gasteiger partial charge < -0.3 is 20.1 Å². The van der Waals surface area contributed by atoms with Crippen molar-refractivity contribution in [3.63, 3.8) is 0 Å². The maximum atomic E-state index is 14.9. The molecule has 13 heteroatoms. The lowest BCUT2D eigenvalue weighted by Gasteiger charge is -2.31. The van der Waals surface area contributed by atoms with E-state index in [1.807, 2.05) is 6.92 Å². The average molecular weight is 656 g/mol. The Morgan fingerprint density at radius 1 is 1.32 bits per heavy atom. The molecule has 47 heavy (non-hydrogen) atoms. The number of likely N-dealkylation sites (tertiary alicyclic amines) is 1. The summed E-state index contributed by atoms with van der Waals surface area (Å²) in [6.45, 7) is 15.0. The number of nitriles is 1. The summed E-state index contributed by atoms with van der Waals surface area (Å²) in [6, 6.07) is 8.20. The Balaban J connectivity index is 1.36. The Kier molecular flexibility index (Phi) is 7.69. The van der Waals surface area contributed by atoms with Gasteiger partial charge in [0.1, 0.15) is 30.8 Å². The monoisotopic (exact) mass is 655 g/mol. The summed E-state index contributed by atoms with van der Waals surface area (Å²) in [7, 11) is 0. The molecule has 3 aliphatic rings.